The van der Waals surface area contributed by atoms with Crippen LogP contribution in [0.1, 0.15) is 116 Å². The first-order chi connectivity index (χ1) is 13.1. The van der Waals surface area contributed by atoms with Crippen LogP contribution in [-0.2, 0) is 4.79 Å². The molecule has 0 saturated heterocycles. The topological polar surface area (TPSA) is 43.8 Å². The van der Waals surface area contributed by atoms with Gasteiger partial charge in [-0.15, -0.1) is 0 Å². The van der Waals surface area contributed by atoms with E-state index in [1.54, 1.807) is 0 Å². The number of hydrogen-bond donors (Lipinski definition) is 1. The molecule has 0 rings (SSSR count). The first kappa shape index (κ1) is 26.4. The number of hydroxylamine groups is 2. The zero-order chi connectivity index (χ0) is 20.2. The van der Waals surface area contributed by atoms with Crippen molar-refractivity contribution >= 4 is 5.91 Å². The van der Waals surface area contributed by atoms with Gasteiger partial charge in [0.25, 0.3) is 0 Å². The fourth-order valence-corrected chi connectivity index (χ4v) is 3.44. The summed E-state index contributed by atoms with van der Waals surface area (Å²) in [6.45, 7) is 3.61. The molecule has 1 amide bonds. The molecule has 4 nitrogen and oxygen atoms in total. The van der Waals surface area contributed by atoms with Crippen LogP contribution in [0.5, 0.6) is 0 Å². The van der Waals surface area contributed by atoms with Crippen LogP contribution in [0.3, 0.4) is 0 Å². The van der Waals surface area contributed by atoms with Crippen LogP contribution >= 0.6 is 0 Å². The molecule has 0 aromatic carbocycles. The number of nitrogens with zero attached hydrogens (tertiary/aromatic N) is 2. The molecule has 0 aliphatic heterocycles. The molecule has 0 aromatic rings. The predicted octanol–water partition coefficient (Wildman–Crippen LogP) is 6.42. The van der Waals surface area contributed by atoms with Crippen molar-refractivity contribution in [3.05, 3.63) is 0 Å². The van der Waals surface area contributed by atoms with Gasteiger partial charge in [0.15, 0.2) is 0 Å². The monoisotopic (exact) mass is 384 g/mol. The van der Waals surface area contributed by atoms with Crippen molar-refractivity contribution in [3.8, 4) is 0 Å². The molecule has 0 heterocycles. The zero-order valence-corrected chi connectivity index (χ0v) is 18.7. The maximum absolute atomic E-state index is 11.8. The van der Waals surface area contributed by atoms with E-state index in [2.05, 4.69) is 11.8 Å². The minimum atomic E-state index is -0.122. The molecule has 0 saturated carbocycles. The molecule has 0 aromatic heterocycles. The number of carbonyl (C=O) groups is 1. The minimum Gasteiger partial charge on any atom is -0.309 e. The molecule has 0 fully saturated rings. The van der Waals surface area contributed by atoms with E-state index in [9.17, 15) is 10.0 Å². The van der Waals surface area contributed by atoms with Crippen LogP contribution in [0.25, 0.3) is 0 Å². The lowest BCUT2D eigenvalue weighted by molar-refractivity contribution is -0.165. The summed E-state index contributed by atoms with van der Waals surface area (Å²) >= 11 is 0. The first-order valence-corrected chi connectivity index (χ1v) is 11.7. The average Bonchev–Trinajstić information content (AvgIpc) is 2.64. The summed E-state index contributed by atoms with van der Waals surface area (Å²) in [7, 11) is 4.00. The SMILES string of the molecule is CCCCCCCCCCCCCCCCCC(=O)N(O)CCCN(C)C. The molecule has 27 heavy (non-hydrogen) atoms. The van der Waals surface area contributed by atoms with Gasteiger partial charge in [0.2, 0.25) is 5.91 Å². The standard InChI is InChI=1S/C23H48N2O2/c1-4-5-6-7-8-9-10-11-12-13-14-15-16-17-18-20-23(26)25(27)22-19-21-24(2)3/h27H,4-22H2,1-3H3. The van der Waals surface area contributed by atoms with Crippen molar-refractivity contribution in [3.63, 3.8) is 0 Å². The van der Waals surface area contributed by atoms with Crippen molar-refractivity contribution < 1.29 is 10.0 Å². The van der Waals surface area contributed by atoms with Crippen molar-refractivity contribution in [2.45, 2.75) is 116 Å². The van der Waals surface area contributed by atoms with E-state index >= 15 is 0 Å². The largest absolute Gasteiger partial charge is 0.309 e. The number of amides is 1. The van der Waals surface area contributed by atoms with Crippen molar-refractivity contribution in [2.24, 2.45) is 0 Å². The molecular formula is C23H48N2O2. The lowest BCUT2D eigenvalue weighted by Crippen LogP contribution is -2.30. The third kappa shape index (κ3) is 19.9. The Balaban J connectivity index is 3.25. The van der Waals surface area contributed by atoms with Gasteiger partial charge in [-0.1, -0.05) is 96.8 Å². The second-order valence-electron chi connectivity index (χ2n) is 8.37. The molecule has 0 radical (unpaired) electrons. The Labute approximate surface area is 169 Å². The van der Waals surface area contributed by atoms with E-state index in [0.717, 1.165) is 30.9 Å². The number of carbonyl (C=O) groups excluding carboxylic acids is 1. The molecule has 0 bridgehead atoms. The van der Waals surface area contributed by atoms with Gasteiger partial charge in [-0.05, 0) is 33.5 Å². The average molecular weight is 385 g/mol. The first-order valence-electron chi connectivity index (χ1n) is 11.7. The van der Waals surface area contributed by atoms with Gasteiger partial charge in [0.1, 0.15) is 0 Å². The molecule has 0 aliphatic rings. The van der Waals surface area contributed by atoms with E-state index in [0.29, 0.717) is 13.0 Å². The van der Waals surface area contributed by atoms with E-state index in [-0.39, 0.29) is 5.91 Å². The van der Waals surface area contributed by atoms with Gasteiger partial charge in [-0.2, -0.15) is 0 Å². The van der Waals surface area contributed by atoms with Crippen LogP contribution in [0, 0.1) is 0 Å². The van der Waals surface area contributed by atoms with Crippen LogP contribution in [-0.4, -0.2) is 48.3 Å². The highest BCUT2D eigenvalue weighted by Gasteiger charge is 2.09. The lowest BCUT2D eigenvalue weighted by atomic mass is 10.0. The van der Waals surface area contributed by atoms with Crippen LogP contribution < -0.4 is 0 Å². The quantitative estimate of drug-likeness (QED) is 0.150. The Hall–Kier alpha value is -0.610. The van der Waals surface area contributed by atoms with Crippen molar-refractivity contribution in [2.75, 3.05) is 27.2 Å². The second kappa shape index (κ2) is 20.1. The van der Waals surface area contributed by atoms with E-state index in [1.165, 1.54) is 83.5 Å². The molecule has 0 spiro atoms. The Morgan fingerprint density at radius 1 is 0.630 bits per heavy atom. The molecule has 162 valence electrons. The highest BCUT2D eigenvalue weighted by Crippen LogP contribution is 2.13. The normalized spacial score (nSPS) is 11.3. The highest BCUT2D eigenvalue weighted by atomic mass is 16.5. The third-order valence-corrected chi connectivity index (χ3v) is 5.26. The molecule has 0 atom stereocenters. The minimum absolute atomic E-state index is 0.122. The van der Waals surface area contributed by atoms with Gasteiger partial charge in [0.05, 0.1) is 0 Å². The summed E-state index contributed by atoms with van der Waals surface area (Å²) in [6, 6.07) is 0. The fourth-order valence-electron chi connectivity index (χ4n) is 3.44. The molecule has 0 aliphatic carbocycles. The summed E-state index contributed by atoms with van der Waals surface area (Å²) in [6.07, 6.45) is 21.2. The Kier molecular flexibility index (Phi) is 19.7. The smallest absolute Gasteiger partial charge is 0.245 e. The third-order valence-electron chi connectivity index (χ3n) is 5.26. The van der Waals surface area contributed by atoms with E-state index < -0.39 is 0 Å². The maximum Gasteiger partial charge on any atom is 0.245 e. The zero-order valence-electron chi connectivity index (χ0n) is 18.7. The summed E-state index contributed by atoms with van der Waals surface area (Å²) in [5.41, 5.74) is 0. The molecule has 4 heteroatoms. The van der Waals surface area contributed by atoms with Gasteiger partial charge in [-0.25, -0.2) is 5.06 Å². The van der Waals surface area contributed by atoms with Gasteiger partial charge < -0.3 is 4.90 Å². The van der Waals surface area contributed by atoms with Gasteiger partial charge >= 0.3 is 0 Å². The predicted molar refractivity (Wildman–Crippen MR) is 116 cm³/mol. The number of rotatable bonds is 20. The van der Waals surface area contributed by atoms with Gasteiger partial charge in [0, 0.05) is 13.0 Å². The maximum atomic E-state index is 11.8. The van der Waals surface area contributed by atoms with Crippen molar-refractivity contribution in [1.29, 1.82) is 0 Å². The van der Waals surface area contributed by atoms with Crippen LogP contribution in [0.15, 0.2) is 0 Å². The van der Waals surface area contributed by atoms with E-state index in [1.807, 2.05) is 14.1 Å². The Morgan fingerprint density at radius 2 is 1.04 bits per heavy atom. The lowest BCUT2D eigenvalue weighted by Gasteiger charge is -2.16. The van der Waals surface area contributed by atoms with Gasteiger partial charge in [-0.3, -0.25) is 10.0 Å². The molecule has 1 N–H and O–H groups in total. The fraction of sp³-hybridized carbons (Fsp3) is 0.957. The number of unbranched alkanes of at least 4 members (excludes halogenated alkanes) is 14. The Bertz CT molecular complexity index is 322. The highest BCUT2D eigenvalue weighted by molar-refractivity contribution is 5.74. The Morgan fingerprint density at radius 3 is 1.44 bits per heavy atom. The second-order valence-corrected chi connectivity index (χ2v) is 8.37. The summed E-state index contributed by atoms with van der Waals surface area (Å²) in [4.78, 5) is 13.9. The van der Waals surface area contributed by atoms with Crippen LogP contribution in [0.2, 0.25) is 0 Å². The number of hydrogen-bond acceptors (Lipinski definition) is 3. The van der Waals surface area contributed by atoms with Crippen LogP contribution in [0.4, 0.5) is 0 Å². The summed E-state index contributed by atoms with van der Waals surface area (Å²) < 4.78 is 0. The van der Waals surface area contributed by atoms with E-state index in [4.69, 9.17) is 0 Å². The van der Waals surface area contributed by atoms with Crippen molar-refractivity contribution in [1.82, 2.24) is 9.96 Å². The molecule has 0 unspecified atom stereocenters. The summed E-state index contributed by atoms with van der Waals surface area (Å²) in [5.74, 6) is -0.122. The summed E-state index contributed by atoms with van der Waals surface area (Å²) in [5, 5.41) is 10.6. The molecular weight excluding hydrogens is 336 g/mol.